The maximum Gasteiger partial charge on any atom is 0.319 e. The molecule has 1 aromatic heterocycles. The number of rotatable bonds is 6. The fourth-order valence-corrected chi connectivity index (χ4v) is 3.67. The zero-order valence-electron chi connectivity index (χ0n) is 14.9. The summed E-state index contributed by atoms with van der Waals surface area (Å²) >= 11 is 1.86. The first-order valence-corrected chi connectivity index (χ1v) is 9.99. The molecule has 1 aromatic carbocycles. The summed E-state index contributed by atoms with van der Waals surface area (Å²) in [5, 5.41) is 11.8. The van der Waals surface area contributed by atoms with Crippen molar-refractivity contribution in [3.8, 4) is 0 Å². The second kappa shape index (κ2) is 9.94. The molecule has 2 aromatic rings. The maximum atomic E-state index is 12.2. The first-order valence-electron chi connectivity index (χ1n) is 8.84. The van der Waals surface area contributed by atoms with Gasteiger partial charge in [0.2, 0.25) is 5.91 Å². The van der Waals surface area contributed by atoms with Gasteiger partial charge in [-0.1, -0.05) is 6.07 Å². The number of thioether (sulfide) groups is 1. The van der Waals surface area contributed by atoms with E-state index >= 15 is 0 Å². The van der Waals surface area contributed by atoms with Crippen LogP contribution >= 0.6 is 11.8 Å². The van der Waals surface area contributed by atoms with Gasteiger partial charge in [-0.15, -0.1) is 0 Å². The lowest BCUT2D eigenvalue weighted by atomic mass is 10.2. The molecule has 3 rings (SSSR count). The molecule has 0 aliphatic carbocycles. The van der Waals surface area contributed by atoms with Gasteiger partial charge in [0.05, 0.1) is 0 Å². The SMILES string of the molecule is O=C(CC1CSCCN1)Nc1cccc(NC(=O)NCc2ccncc2)c1. The fourth-order valence-electron chi connectivity index (χ4n) is 2.72. The van der Waals surface area contributed by atoms with Crippen LogP contribution in [-0.4, -0.2) is 41.0 Å². The second-order valence-corrected chi connectivity index (χ2v) is 7.37. The van der Waals surface area contributed by atoms with Gasteiger partial charge in [0, 0.05) is 60.8 Å². The largest absolute Gasteiger partial charge is 0.334 e. The van der Waals surface area contributed by atoms with Gasteiger partial charge in [0.1, 0.15) is 0 Å². The van der Waals surface area contributed by atoms with Gasteiger partial charge < -0.3 is 21.3 Å². The zero-order chi connectivity index (χ0) is 18.9. The molecule has 142 valence electrons. The molecule has 1 aliphatic heterocycles. The van der Waals surface area contributed by atoms with E-state index in [0.29, 0.717) is 24.3 Å². The second-order valence-electron chi connectivity index (χ2n) is 6.22. The molecule has 27 heavy (non-hydrogen) atoms. The minimum atomic E-state index is -0.307. The molecule has 0 radical (unpaired) electrons. The Morgan fingerprint density at radius 2 is 1.93 bits per heavy atom. The molecule has 3 amide bonds. The van der Waals surface area contributed by atoms with Crippen molar-refractivity contribution < 1.29 is 9.59 Å². The Labute approximate surface area is 162 Å². The van der Waals surface area contributed by atoms with Gasteiger partial charge in [-0.3, -0.25) is 9.78 Å². The number of urea groups is 1. The van der Waals surface area contributed by atoms with E-state index in [2.05, 4.69) is 26.3 Å². The molecule has 8 heteroatoms. The standard InChI is InChI=1S/C19H23N5O2S/c25-18(11-17-13-27-9-8-21-17)23-15-2-1-3-16(10-15)24-19(26)22-12-14-4-6-20-7-5-14/h1-7,10,17,21H,8-9,11-13H2,(H,23,25)(H2,22,24,26). The number of amides is 3. The van der Waals surface area contributed by atoms with Crippen LogP contribution in [0.3, 0.4) is 0 Å². The summed E-state index contributed by atoms with van der Waals surface area (Å²) in [6, 6.07) is 10.7. The van der Waals surface area contributed by atoms with Crippen LogP contribution in [-0.2, 0) is 11.3 Å². The number of nitrogens with zero attached hydrogens (tertiary/aromatic N) is 1. The van der Waals surface area contributed by atoms with Gasteiger partial charge in [0.15, 0.2) is 0 Å². The van der Waals surface area contributed by atoms with Crippen LogP contribution in [0, 0.1) is 0 Å². The topological polar surface area (TPSA) is 95.2 Å². The molecule has 2 heterocycles. The molecule has 0 bridgehead atoms. The molecule has 1 aliphatic rings. The number of benzene rings is 1. The van der Waals surface area contributed by atoms with E-state index in [1.807, 2.05) is 23.9 Å². The monoisotopic (exact) mass is 385 g/mol. The summed E-state index contributed by atoms with van der Waals surface area (Å²) in [5.41, 5.74) is 2.25. The van der Waals surface area contributed by atoms with E-state index in [1.54, 1.807) is 36.7 Å². The lowest BCUT2D eigenvalue weighted by molar-refractivity contribution is -0.116. The Morgan fingerprint density at radius 1 is 1.15 bits per heavy atom. The minimum Gasteiger partial charge on any atom is -0.334 e. The van der Waals surface area contributed by atoms with Crippen LogP contribution in [0.15, 0.2) is 48.8 Å². The number of carbonyl (C=O) groups is 2. The third-order valence-corrected chi connectivity index (χ3v) is 5.17. The lowest BCUT2D eigenvalue weighted by Gasteiger charge is -2.22. The number of carbonyl (C=O) groups excluding carboxylic acids is 2. The average Bonchev–Trinajstić information content (AvgIpc) is 2.68. The van der Waals surface area contributed by atoms with Gasteiger partial charge in [-0.2, -0.15) is 11.8 Å². The van der Waals surface area contributed by atoms with Crippen LogP contribution < -0.4 is 21.3 Å². The maximum absolute atomic E-state index is 12.2. The quantitative estimate of drug-likeness (QED) is 0.613. The van der Waals surface area contributed by atoms with Crippen LogP contribution in [0.25, 0.3) is 0 Å². The highest BCUT2D eigenvalue weighted by Gasteiger charge is 2.16. The molecule has 0 spiro atoms. The normalized spacial score (nSPS) is 16.4. The van der Waals surface area contributed by atoms with Crippen LogP contribution in [0.5, 0.6) is 0 Å². The van der Waals surface area contributed by atoms with Crippen molar-refractivity contribution >= 4 is 35.1 Å². The number of nitrogens with one attached hydrogen (secondary N) is 4. The molecule has 1 unspecified atom stereocenters. The summed E-state index contributed by atoms with van der Waals surface area (Å²) in [4.78, 5) is 28.2. The van der Waals surface area contributed by atoms with Crippen molar-refractivity contribution in [2.45, 2.75) is 19.0 Å². The fraction of sp³-hybridized carbons (Fsp3) is 0.316. The average molecular weight is 385 g/mol. The molecule has 1 saturated heterocycles. The van der Waals surface area contributed by atoms with E-state index in [4.69, 9.17) is 0 Å². The van der Waals surface area contributed by atoms with Crippen molar-refractivity contribution in [2.24, 2.45) is 0 Å². The minimum absolute atomic E-state index is 0.0331. The molecule has 1 fully saturated rings. The molecular weight excluding hydrogens is 362 g/mol. The summed E-state index contributed by atoms with van der Waals surface area (Å²) in [6.45, 7) is 1.35. The van der Waals surface area contributed by atoms with Crippen molar-refractivity contribution in [3.05, 3.63) is 54.4 Å². The molecule has 1 atom stereocenters. The van der Waals surface area contributed by atoms with E-state index in [9.17, 15) is 9.59 Å². The lowest BCUT2D eigenvalue weighted by Crippen LogP contribution is -2.39. The third kappa shape index (κ3) is 6.58. The van der Waals surface area contributed by atoms with E-state index in [-0.39, 0.29) is 18.0 Å². The van der Waals surface area contributed by atoms with Crippen molar-refractivity contribution in [1.82, 2.24) is 15.6 Å². The third-order valence-electron chi connectivity index (χ3n) is 4.04. The van der Waals surface area contributed by atoms with Crippen molar-refractivity contribution in [2.75, 3.05) is 28.7 Å². The summed E-state index contributed by atoms with van der Waals surface area (Å²) in [5.74, 6) is 2.01. The smallest absolute Gasteiger partial charge is 0.319 e. The Balaban J connectivity index is 1.47. The Bertz CT molecular complexity index is 766. The zero-order valence-corrected chi connectivity index (χ0v) is 15.7. The van der Waals surface area contributed by atoms with Crippen molar-refractivity contribution in [3.63, 3.8) is 0 Å². The molecule has 7 nitrogen and oxygen atoms in total. The summed E-state index contributed by atoms with van der Waals surface area (Å²) < 4.78 is 0. The van der Waals surface area contributed by atoms with E-state index in [0.717, 1.165) is 23.6 Å². The Kier molecular flexibility index (Phi) is 7.06. The highest BCUT2D eigenvalue weighted by atomic mass is 32.2. The van der Waals surface area contributed by atoms with Crippen LogP contribution in [0.4, 0.5) is 16.2 Å². The number of hydrogen-bond donors (Lipinski definition) is 4. The van der Waals surface area contributed by atoms with Gasteiger partial charge in [0.25, 0.3) is 0 Å². The van der Waals surface area contributed by atoms with Crippen LogP contribution in [0.1, 0.15) is 12.0 Å². The number of pyridine rings is 1. The Morgan fingerprint density at radius 3 is 2.67 bits per heavy atom. The number of aromatic nitrogens is 1. The highest BCUT2D eigenvalue weighted by Crippen LogP contribution is 2.16. The molecule has 0 saturated carbocycles. The number of hydrogen-bond acceptors (Lipinski definition) is 5. The summed E-state index contributed by atoms with van der Waals surface area (Å²) in [7, 11) is 0. The van der Waals surface area contributed by atoms with E-state index < -0.39 is 0 Å². The van der Waals surface area contributed by atoms with Crippen LogP contribution in [0.2, 0.25) is 0 Å². The summed E-state index contributed by atoms with van der Waals surface area (Å²) in [6.07, 6.45) is 3.81. The van der Waals surface area contributed by atoms with Gasteiger partial charge >= 0.3 is 6.03 Å². The van der Waals surface area contributed by atoms with Gasteiger partial charge in [-0.05, 0) is 35.9 Å². The van der Waals surface area contributed by atoms with E-state index in [1.165, 1.54) is 0 Å². The predicted molar refractivity (Wildman–Crippen MR) is 109 cm³/mol. The first-order chi connectivity index (χ1) is 13.2. The van der Waals surface area contributed by atoms with Crippen molar-refractivity contribution in [1.29, 1.82) is 0 Å². The number of anilines is 2. The van der Waals surface area contributed by atoms with Gasteiger partial charge in [-0.25, -0.2) is 4.79 Å². The molecular formula is C19H23N5O2S. The Hall–Kier alpha value is -2.58. The predicted octanol–water partition coefficient (Wildman–Crippen LogP) is 2.44. The first kappa shape index (κ1) is 19.2. The highest BCUT2D eigenvalue weighted by molar-refractivity contribution is 7.99. The molecule has 4 N–H and O–H groups in total.